The number of halogens is 2. The Morgan fingerprint density at radius 1 is 0.895 bits per heavy atom. The van der Waals surface area contributed by atoms with E-state index in [4.69, 9.17) is 32.7 Å². The van der Waals surface area contributed by atoms with E-state index >= 15 is 0 Å². The SMILES string of the molecule is CCOC(=O)C(CCCCl)(CCCCl)C(=O)OCC. The van der Waals surface area contributed by atoms with Crippen molar-refractivity contribution in [1.29, 1.82) is 0 Å². The minimum Gasteiger partial charge on any atom is -0.465 e. The summed E-state index contributed by atoms with van der Waals surface area (Å²) in [6, 6.07) is 0. The molecule has 0 saturated carbocycles. The van der Waals surface area contributed by atoms with Crippen molar-refractivity contribution in [3.63, 3.8) is 0 Å². The van der Waals surface area contributed by atoms with Crippen LogP contribution < -0.4 is 0 Å². The van der Waals surface area contributed by atoms with Crippen molar-refractivity contribution >= 4 is 35.1 Å². The van der Waals surface area contributed by atoms with E-state index in [1.165, 1.54) is 0 Å². The van der Waals surface area contributed by atoms with Gasteiger partial charge in [-0.15, -0.1) is 23.2 Å². The lowest BCUT2D eigenvalue weighted by molar-refractivity contribution is -0.173. The van der Waals surface area contributed by atoms with Gasteiger partial charge in [0.15, 0.2) is 5.41 Å². The van der Waals surface area contributed by atoms with Crippen LogP contribution in [0.15, 0.2) is 0 Å². The zero-order valence-corrected chi connectivity index (χ0v) is 13.1. The molecule has 0 rings (SSSR count). The predicted molar refractivity (Wildman–Crippen MR) is 75.6 cm³/mol. The van der Waals surface area contributed by atoms with E-state index < -0.39 is 17.4 Å². The van der Waals surface area contributed by atoms with Crippen molar-refractivity contribution in [2.75, 3.05) is 25.0 Å². The fraction of sp³-hybridized carbons (Fsp3) is 0.846. The summed E-state index contributed by atoms with van der Waals surface area (Å²) in [6.07, 6.45) is 1.74. The Bertz CT molecular complexity index is 254. The number of carbonyl (C=O) groups is 2. The molecule has 0 fully saturated rings. The van der Waals surface area contributed by atoms with E-state index in [1.54, 1.807) is 13.8 Å². The molecule has 6 heteroatoms. The van der Waals surface area contributed by atoms with Gasteiger partial charge >= 0.3 is 11.9 Å². The van der Waals surface area contributed by atoms with E-state index in [1.807, 2.05) is 0 Å². The van der Waals surface area contributed by atoms with E-state index in [0.29, 0.717) is 37.4 Å². The zero-order chi connectivity index (χ0) is 14.7. The molecule has 0 aromatic heterocycles. The highest BCUT2D eigenvalue weighted by Gasteiger charge is 2.47. The number of ether oxygens (including phenoxy) is 2. The minimum absolute atomic E-state index is 0.224. The summed E-state index contributed by atoms with van der Waals surface area (Å²) in [4.78, 5) is 24.4. The maximum atomic E-state index is 12.2. The lowest BCUT2D eigenvalue weighted by atomic mass is 9.79. The molecule has 0 aromatic carbocycles. The summed E-state index contributed by atoms with van der Waals surface area (Å²) in [7, 11) is 0. The molecule has 0 heterocycles. The molecule has 0 radical (unpaired) electrons. The van der Waals surface area contributed by atoms with Gasteiger partial charge in [0, 0.05) is 11.8 Å². The topological polar surface area (TPSA) is 52.6 Å². The summed E-state index contributed by atoms with van der Waals surface area (Å²) in [5.74, 6) is -0.324. The second-order valence-electron chi connectivity index (χ2n) is 4.11. The van der Waals surface area contributed by atoms with Crippen LogP contribution in [0.25, 0.3) is 0 Å². The summed E-state index contributed by atoms with van der Waals surface area (Å²) < 4.78 is 10.1. The number of rotatable bonds is 10. The maximum absolute atomic E-state index is 12.2. The van der Waals surface area contributed by atoms with E-state index in [0.717, 1.165) is 0 Å². The molecule has 0 N–H and O–H groups in total. The van der Waals surface area contributed by atoms with Crippen molar-refractivity contribution in [3.8, 4) is 0 Å². The van der Waals surface area contributed by atoms with Crippen LogP contribution in [0, 0.1) is 5.41 Å². The second-order valence-corrected chi connectivity index (χ2v) is 4.86. The molecule has 0 aliphatic heterocycles. The highest BCUT2D eigenvalue weighted by atomic mass is 35.5. The monoisotopic (exact) mass is 312 g/mol. The van der Waals surface area contributed by atoms with Crippen LogP contribution in [0.1, 0.15) is 39.5 Å². The van der Waals surface area contributed by atoms with E-state index in [2.05, 4.69) is 0 Å². The molecule has 0 bridgehead atoms. The summed E-state index contributed by atoms with van der Waals surface area (Å²) in [5, 5.41) is 0. The molecule has 0 unspecified atom stereocenters. The van der Waals surface area contributed by atoms with Crippen LogP contribution >= 0.6 is 23.2 Å². The average Bonchev–Trinajstić information content (AvgIpc) is 2.40. The molecule has 0 spiro atoms. The summed E-state index contributed by atoms with van der Waals surface area (Å²) in [5.41, 5.74) is -1.27. The fourth-order valence-corrected chi connectivity index (χ4v) is 2.16. The highest BCUT2D eigenvalue weighted by Crippen LogP contribution is 2.34. The first-order valence-electron chi connectivity index (χ1n) is 6.55. The van der Waals surface area contributed by atoms with Crippen molar-refractivity contribution < 1.29 is 19.1 Å². The van der Waals surface area contributed by atoms with Gasteiger partial charge in [-0.25, -0.2) is 0 Å². The van der Waals surface area contributed by atoms with Crippen LogP contribution in [0.3, 0.4) is 0 Å². The van der Waals surface area contributed by atoms with Crippen LogP contribution in [0.2, 0.25) is 0 Å². The minimum atomic E-state index is -1.27. The van der Waals surface area contributed by atoms with Crippen molar-refractivity contribution in [1.82, 2.24) is 0 Å². The van der Waals surface area contributed by atoms with Gasteiger partial charge < -0.3 is 9.47 Å². The molecule has 0 aliphatic rings. The molecule has 0 amide bonds. The number of hydrogen-bond acceptors (Lipinski definition) is 4. The molecular weight excluding hydrogens is 291 g/mol. The Hall–Kier alpha value is -0.480. The van der Waals surface area contributed by atoms with Crippen molar-refractivity contribution in [2.24, 2.45) is 5.41 Å². The molecule has 4 nitrogen and oxygen atoms in total. The second kappa shape index (κ2) is 10.3. The van der Waals surface area contributed by atoms with Gasteiger partial charge in [-0.1, -0.05) is 0 Å². The van der Waals surface area contributed by atoms with E-state index in [9.17, 15) is 9.59 Å². The van der Waals surface area contributed by atoms with Gasteiger partial charge in [-0.2, -0.15) is 0 Å². The average molecular weight is 313 g/mol. The Labute approximate surface area is 124 Å². The molecule has 112 valence electrons. The van der Waals surface area contributed by atoms with E-state index in [-0.39, 0.29) is 13.2 Å². The van der Waals surface area contributed by atoms with Gasteiger partial charge in [0.25, 0.3) is 0 Å². The standard InChI is InChI=1S/C13H22Cl2O4/c1-3-18-11(16)13(7-5-9-14,8-6-10-15)12(17)19-4-2/h3-10H2,1-2H3. The Kier molecular flexibility index (Phi) is 10.1. The van der Waals surface area contributed by atoms with Crippen LogP contribution in [-0.4, -0.2) is 36.9 Å². The quantitative estimate of drug-likeness (QED) is 0.353. The third-order valence-corrected chi connectivity index (χ3v) is 3.34. The van der Waals surface area contributed by atoms with Gasteiger partial charge in [-0.3, -0.25) is 9.59 Å². The number of hydrogen-bond donors (Lipinski definition) is 0. The number of alkyl halides is 2. The molecule has 0 atom stereocenters. The largest absolute Gasteiger partial charge is 0.465 e. The lowest BCUT2D eigenvalue weighted by Gasteiger charge is -2.28. The summed E-state index contributed by atoms with van der Waals surface area (Å²) >= 11 is 11.3. The normalized spacial score (nSPS) is 11.2. The van der Waals surface area contributed by atoms with Crippen molar-refractivity contribution in [3.05, 3.63) is 0 Å². The molecular formula is C13H22Cl2O4. The molecule has 19 heavy (non-hydrogen) atoms. The van der Waals surface area contributed by atoms with Gasteiger partial charge in [0.1, 0.15) is 0 Å². The third kappa shape index (κ3) is 5.57. The number of carbonyl (C=O) groups excluding carboxylic acids is 2. The molecule has 0 aromatic rings. The first-order valence-corrected chi connectivity index (χ1v) is 7.62. The maximum Gasteiger partial charge on any atom is 0.323 e. The predicted octanol–water partition coefficient (Wildman–Crippen LogP) is 3.14. The third-order valence-electron chi connectivity index (χ3n) is 2.81. The zero-order valence-electron chi connectivity index (χ0n) is 11.5. The van der Waals surface area contributed by atoms with Crippen LogP contribution in [-0.2, 0) is 19.1 Å². The van der Waals surface area contributed by atoms with Crippen LogP contribution in [0.5, 0.6) is 0 Å². The highest BCUT2D eigenvalue weighted by molar-refractivity contribution is 6.18. The van der Waals surface area contributed by atoms with Gasteiger partial charge in [-0.05, 0) is 39.5 Å². The van der Waals surface area contributed by atoms with Crippen LogP contribution in [0.4, 0.5) is 0 Å². The Morgan fingerprint density at radius 2 is 1.26 bits per heavy atom. The Morgan fingerprint density at radius 3 is 1.53 bits per heavy atom. The molecule has 0 saturated heterocycles. The first kappa shape index (κ1) is 18.5. The summed E-state index contributed by atoms with van der Waals surface area (Å²) in [6.45, 7) is 3.86. The fourth-order valence-electron chi connectivity index (χ4n) is 1.89. The van der Waals surface area contributed by atoms with Gasteiger partial charge in [0.2, 0.25) is 0 Å². The first-order chi connectivity index (χ1) is 9.08. The number of esters is 2. The smallest absolute Gasteiger partial charge is 0.323 e. The Balaban J connectivity index is 5.16. The lowest BCUT2D eigenvalue weighted by Crippen LogP contribution is -2.42. The van der Waals surface area contributed by atoms with Gasteiger partial charge in [0.05, 0.1) is 13.2 Å². The molecule has 0 aliphatic carbocycles. The van der Waals surface area contributed by atoms with Crippen molar-refractivity contribution in [2.45, 2.75) is 39.5 Å².